The van der Waals surface area contributed by atoms with E-state index in [0.29, 0.717) is 12.3 Å². The average Bonchev–Trinajstić information content (AvgIpc) is 2.79. The molecular formula is C26H54N2O7. The molecule has 0 aromatic carbocycles. The zero-order valence-corrected chi connectivity index (χ0v) is 22.8. The summed E-state index contributed by atoms with van der Waals surface area (Å²) in [6.45, 7) is 10.3. The molecule has 5 atom stereocenters. The fourth-order valence-corrected chi connectivity index (χ4v) is 4.08. The van der Waals surface area contributed by atoms with Gasteiger partial charge in [-0.3, -0.25) is 5.32 Å². The second-order valence-electron chi connectivity index (χ2n) is 10.6. The van der Waals surface area contributed by atoms with E-state index in [0.717, 1.165) is 31.1 Å². The monoisotopic (exact) mass is 506 g/mol. The van der Waals surface area contributed by atoms with E-state index in [1.165, 1.54) is 32.1 Å². The van der Waals surface area contributed by atoms with Gasteiger partial charge in [0.05, 0.1) is 19.8 Å². The molecule has 0 heterocycles. The van der Waals surface area contributed by atoms with Crippen molar-refractivity contribution in [2.45, 2.75) is 111 Å². The Hall–Kier alpha value is -0.970. The van der Waals surface area contributed by atoms with Crippen LogP contribution in [-0.2, 0) is 9.47 Å². The van der Waals surface area contributed by atoms with Crippen molar-refractivity contribution in [2.24, 2.45) is 17.8 Å². The van der Waals surface area contributed by atoms with Gasteiger partial charge in [0.25, 0.3) is 0 Å². The Morgan fingerprint density at radius 1 is 0.857 bits per heavy atom. The van der Waals surface area contributed by atoms with E-state index in [-0.39, 0.29) is 32.9 Å². The number of amides is 1. The van der Waals surface area contributed by atoms with Gasteiger partial charge in [-0.2, -0.15) is 0 Å². The SMILES string of the molecule is CC(C)CCCC(C)CCCC(C)CCCC(C)(OC(=O)NCCO)C(O)COC(O)NCCO. The molecule has 9 nitrogen and oxygen atoms in total. The van der Waals surface area contributed by atoms with Crippen molar-refractivity contribution < 1.29 is 34.7 Å². The Balaban J connectivity index is 4.59. The van der Waals surface area contributed by atoms with Gasteiger partial charge in [0, 0.05) is 13.1 Å². The molecule has 35 heavy (non-hydrogen) atoms. The van der Waals surface area contributed by atoms with E-state index in [9.17, 15) is 15.0 Å². The van der Waals surface area contributed by atoms with Gasteiger partial charge in [0.2, 0.25) is 6.41 Å². The number of hydrogen-bond donors (Lipinski definition) is 6. The fourth-order valence-electron chi connectivity index (χ4n) is 4.08. The first-order valence-corrected chi connectivity index (χ1v) is 13.4. The van der Waals surface area contributed by atoms with Crippen LogP contribution < -0.4 is 10.6 Å². The summed E-state index contributed by atoms with van der Waals surface area (Å²) in [5, 5.41) is 43.2. The number of aliphatic hydroxyl groups is 4. The second kappa shape index (κ2) is 20.1. The zero-order valence-electron chi connectivity index (χ0n) is 22.8. The molecule has 5 unspecified atom stereocenters. The van der Waals surface area contributed by atoms with E-state index in [1.54, 1.807) is 6.92 Å². The van der Waals surface area contributed by atoms with Crippen molar-refractivity contribution in [1.82, 2.24) is 10.6 Å². The van der Waals surface area contributed by atoms with Gasteiger partial charge in [0.15, 0.2) is 0 Å². The number of hydrogen-bond acceptors (Lipinski definition) is 8. The highest BCUT2D eigenvalue weighted by Gasteiger charge is 2.37. The molecule has 0 aliphatic rings. The topological polar surface area (TPSA) is 141 Å². The molecule has 0 aromatic heterocycles. The molecule has 0 fully saturated rings. The molecule has 0 bridgehead atoms. The quantitative estimate of drug-likeness (QED) is 0.123. The van der Waals surface area contributed by atoms with E-state index in [1.807, 2.05) is 0 Å². The maximum Gasteiger partial charge on any atom is 0.407 e. The van der Waals surface area contributed by atoms with Crippen molar-refractivity contribution >= 4 is 6.09 Å². The predicted octanol–water partition coefficient (Wildman–Crippen LogP) is 3.14. The van der Waals surface area contributed by atoms with Gasteiger partial charge >= 0.3 is 6.09 Å². The largest absolute Gasteiger partial charge is 0.440 e. The molecule has 0 saturated carbocycles. The highest BCUT2D eigenvalue weighted by atomic mass is 16.6. The summed E-state index contributed by atoms with van der Waals surface area (Å²) < 4.78 is 10.7. The zero-order chi connectivity index (χ0) is 26.7. The summed E-state index contributed by atoms with van der Waals surface area (Å²) >= 11 is 0. The summed E-state index contributed by atoms with van der Waals surface area (Å²) in [5.74, 6) is 2.06. The summed E-state index contributed by atoms with van der Waals surface area (Å²) in [6, 6.07) is 0. The second-order valence-corrected chi connectivity index (χ2v) is 10.6. The Morgan fingerprint density at radius 2 is 1.40 bits per heavy atom. The molecule has 0 saturated heterocycles. The number of aliphatic hydroxyl groups excluding tert-OH is 4. The lowest BCUT2D eigenvalue weighted by molar-refractivity contribution is -0.170. The van der Waals surface area contributed by atoms with Crippen LogP contribution >= 0.6 is 0 Å². The van der Waals surface area contributed by atoms with Crippen LogP contribution in [0.1, 0.15) is 92.4 Å². The Morgan fingerprint density at radius 3 is 1.94 bits per heavy atom. The van der Waals surface area contributed by atoms with E-state index >= 15 is 0 Å². The van der Waals surface area contributed by atoms with Gasteiger partial charge in [0.1, 0.15) is 11.7 Å². The molecule has 210 valence electrons. The number of nitrogens with one attached hydrogen (secondary N) is 2. The molecular weight excluding hydrogens is 452 g/mol. The van der Waals surface area contributed by atoms with Gasteiger partial charge in [-0.15, -0.1) is 0 Å². The maximum atomic E-state index is 12.1. The standard InChI is InChI=1S/C26H54N2O7/c1-20(2)9-6-10-21(3)11-7-12-22(4)13-8-14-26(5,35-25(33)28-16-18-30)23(31)19-34-24(32)27-15-17-29/h20-24,27,29-32H,6-19H2,1-5H3,(H,28,33). The number of alkyl carbamates (subject to hydrolysis) is 1. The van der Waals surface area contributed by atoms with Crippen molar-refractivity contribution in [1.29, 1.82) is 0 Å². The minimum absolute atomic E-state index is 0.0538. The number of ether oxygens (including phenoxy) is 2. The van der Waals surface area contributed by atoms with Crippen molar-refractivity contribution in [3.63, 3.8) is 0 Å². The summed E-state index contributed by atoms with van der Waals surface area (Å²) in [5.41, 5.74) is -1.22. The minimum Gasteiger partial charge on any atom is -0.440 e. The summed E-state index contributed by atoms with van der Waals surface area (Å²) in [7, 11) is 0. The normalized spacial score (nSPS) is 17.0. The van der Waals surface area contributed by atoms with Crippen LogP contribution in [0.4, 0.5) is 4.79 Å². The lowest BCUT2D eigenvalue weighted by atomic mass is 9.88. The number of carbonyl (C=O) groups is 1. The highest BCUT2D eigenvalue weighted by molar-refractivity contribution is 5.67. The molecule has 0 aliphatic carbocycles. The molecule has 0 radical (unpaired) electrons. The van der Waals surface area contributed by atoms with E-state index in [4.69, 9.17) is 19.7 Å². The lowest BCUT2D eigenvalue weighted by Crippen LogP contribution is -2.49. The van der Waals surface area contributed by atoms with Crippen LogP contribution in [-0.4, -0.2) is 77.5 Å². The third-order valence-electron chi connectivity index (χ3n) is 6.50. The fraction of sp³-hybridized carbons (Fsp3) is 0.962. The van der Waals surface area contributed by atoms with Crippen molar-refractivity contribution in [3.8, 4) is 0 Å². The van der Waals surface area contributed by atoms with Crippen LogP contribution in [0.25, 0.3) is 0 Å². The molecule has 1 amide bonds. The Bertz CT molecular complexity index is 524. The van der Waals surface area contributed by atoms with Crippen LogP contribution in [0.15, 0.2) is 0 Å². The molecule has 0 rings (SSSR count). The summed E-state index contributed by atoms with van der Waals surface area (Å²) in [6.07, 6.45) is 6.40. The van der Waals surface area contributed by atoms with Crippen molar-refractivity contribution in [2.75, 3.05) is 32.9 Å². The molecule has 6 N–H and O–H groups in total. The first kappa shape index (κ1) is 34.0. The van der Waals surface area contributed by atoms with Crippen molar-refractivity contribution in [3.05, 3.63) is 0 Å². The first-order valence-electron chi connectivity index (χ1n) is 13.4. The Labute approximate surface area is 213 Å². The lowest BCUT2D eigenvalue weighted by Gasteiger charge is -2.34. The summed E-state index contributed by atoms with van der Waals surface area (Å²) in [4.78, 5) is 12.1. The first-order chi connectivity index (χ1) is 16.5. The van der Waals surface area contributed by atoms with E-state index < -0.39 is 24.2 Å². The van der Waals surface area contributed by atoms with Crippen LogP contribution in [0.5, 0.6) is 0 Å². The van der Waals surface area contributed by atoms with Gasteiger partial charge < -0.3 is 35.2 Å². The van der Waals surface area contributed by atoms with E-state index in [2.05, 4.69) is 38.3 Å². The maximum absolute atomic E-state index is 12.1. The third kappa shape index (κ3) is 18.0. The molecule has 9 heteroatoms. The highest BCUT2D eigenvalue weighted by Crippen LogP contribution is 2.27. The van der Waals surface area contributed by atoms with Gasteiger partial charge in [-0.1, -0.05) is 72.6 Å². The smallest absolute Gasteiger partial charge is 0.407 e. The van der Waals surface area contributed by atoms with Crippen LogP contribution in [0, 0.1) is 17.8 Å². The minimum atomic E-state index is -1.35. The molecule has 0 spiro atoms. The number of rotatable bonds is 22. The van der Waals surface area contributed by atoms with Crippen LogP contribution in [0.2, 0.25) is 0 Å². The molecule has 0 aromatic rings. The predicted molar refractivity (Wildman–Crippen MR) is 138 cm³/mol. The average molecular weight is 507 g/mol. The van der Waals surface area contributed by atoms with Gasteiger partial charge in [-0.25, -0.2) is 4.79 Å². The molecule has 0 aliphatic heterocycles. The third-order valence-corrected chi connectivity index (χ3v) is 6.50. The number of carbonyl (C=O) groups excluding carboxylic acids is 1. The Kier molecular flexibility index (Phi) is 19.6. The van der Waals surface area contributed by atoms with Crippen LogP contribution in [0.3, 0.4) is 0 Å². The van der Waals surface area contributed by atoms with Gasteiger partial charge in [-0.05, 0) is 37.5 Å².